The first-order valence-corrected chi connectivity index (χ1v) is 13.2. The van der Waals surface area contributed by atoms with Crippen LogP contribution < -0.4 is 4.74 Å². The van der Waals surface area contributed by atoms with Gasteiger partial charge in [-0.15, -0.1) is 0 Å². The number of morpholine rings is 1. The summed E-state index contributed by atoms with van der Waals surface area (Å²) in [5, 5.41) is 22.6. The Morgan fingerprint density at radius 2 is 1.82 bits per heavy atom. The molecule has 0 radical (unpaired) electrons. The normalized spacial score (nSPS) is 19.6. The van der Waals surface area contributed by atoms with Gasteiger partial charge in [-0.2, -0.15) is 0 Å². The Hall–Kier alpha value is -3.76. The number of hydrogen-bond donors (Lipinski definition) is 1. The Bertz CT molecular complexity index is 1250. The molecule has 0 unspecified atom stereocenters. The van der Waals surface area contributed by atoms with Gasteiger partial charge in [-0.05, 0) is 60.7 Å². The minimum absolute atomic E-state index is 0.0285. The molecule has 2 saturated heterocycles. The minimum Gasteiger partial charge on any atom is -0.507 e. The highest BCUT2D eigenvalue weighted by atomic mass is 16.6. The molecule has 10 nitrogen and oxygen atoms in total. The van der Waals surface area contributed by atoms with E-state index in [0.717, 1.165) is 19.6 Å². The molecule has 2 aliphatic rings. The molecule has 0 bridgehead atoms. The molecule has 39 heavy (non-hydrogen) atoms. The van der Waals surface area contributed by atoms with E-state index in [-0.39, 0.29) is 17.0 Å². The van der Waals surface area contributed by atoms with E-state index < -0.39 is 22.7 Å². The number of ketones is 1. The van der Waals surface area contributed by atoms with Gasteiger partial charge in [0.2, 0.25) is 0 Å². The number of carbonyl (C=O) groups excluding carboxylic acids is 2. The van der Waals surface area contributed by atoms with Gasteiger partial charge >= 0.3 is 0 Å². The van der Waals surface area contributed by atoms with Crippen molar-refractivity contribution >= 4 is 23.1 Å². The van der Waals surface area contributed by atoms with E-state index in [4.69, 9.17) is 9.47 Å². The summed E-state index contributed by atoms with van der Waals surface area (Å²) in [6.45, 7) is 10.4. The Balaban J connectivity index is 1.68. The van der Waals surface area contributed by atoms with Crippen molar-refractivity contribution in [3.05, 3.63) is 74.8 Å². The Morgan fingerprint density at radius 3 is 2.44 bits per heavy atom. The minimum atomic E-state index is -0.869. The number of nitrogens with zero attached hydrogens (tertiary/aromatic N) is 3. The summed E-state index contributed by atoms with van der Waals surface area (Å²) in [5.41, 5.74) is 1.50. The average Bonchev–Trinajstić information content (AvgIpc) is 3.17. The Morgan fingerprint density at radius 1 is 1.13 bits per heavy atom. The number of nitro groups is 1. The van der Waals surface area contributed by atoms with Crippen LogP contribution in [-0.4, -0.2) is 77.5 Å². The first kappa shape index (κ1) is 28.3. The number of ether oxygens (including phenoxy) is 2. The van der Waals surface area contributed by atoms with Crippen molar-refractivity contribution < 1.29 is 29.1 Å². The maximum Gasteiger partial charge on any atom is 0.295 e. The zero-order chi connectivity index (χ0) is 28.1. The largest absolute Gasteiger partial charge is 0.507 e. The van der Waals surface area contributed by atoms with Crippen LogP contribution in [0.1, 0.15) is 43.0 Å². The lowest BCUT2D eigenvalue weighted by Gasteiger charge is -2.29. The number of rotatable bonds is 10. The molecule has 1 atom stereocenters. The average molecular weight is 538 g/mol. The topological polar surface area (TPSA) is 122 Å². The van der Waals surface area contributed by atoms with Gasteiger partial charge in [-0.3, -0.25) is 24.6 Å². The summed E-state index contributed by atoms with van der Waals surface area (Å²) in [6.07, 6.45) is 0.622. The second-order valence-corrected chi connectivity index (χ2v) is 10.3. The van der Waals surface area contributed by atoms with Crippen molar-refractivity contribution in [2.45, 2.75) is 33.2 Å². The third kappa shape index (κ3) is 6.46. The monoisotopic (exact) mass is 537 g/mol. The molecular weight excluding hydrogens is 502 g/mol. The molecule has 208 valence electrons. The van der Waals surface area contributed by atoms with E-state index in [1.54, 1.807) is 25.1 Å². The predicted molar refractivity (Wildman–Crippen MR) is 145 cm³/mol. The van der Waals surface area contributed by atoms with Gasteiger partial charge in [0.25, 0.3) is 17.4 Å². The Kier molecular flexibility index (Phi) is 8.98. The predicted octanol–water partition coefficient (Wildman–Crippen LogP) is 4.08. The van der Waals surface area contributed by atoms with Crippen LogP contribution in [0.2, 0.25) is 0 Å². The van der Waals surface area contributed by atoms with Gasteiger partial charge < -0.3 is 19.5 Å². The van der Waals surface area contributed by atoms with Crippen molar-refractivity contribution in [2.24, 2.45) is 5.92 Å². The maximum atomic E-state index is 13.3. The van der Waals surface area contributed by atoms with Gasteiger partial charge in [0.05, 0.1) is 36.4 Å². The molecule has 0 spiro atoms. The number of amides is 1. The fourth-order valence-corrected chi connectivity index (χ4v) is 4.92. The molecule has 0 aromatic heterocycles. The van der Waals surface area contributed by atoms with Gasteiger partial charge in [0, 0.05) is 43.9 Å². The summed E-state index contributed by atoms with van der Waals surface area (Å²) < 4.78 is 11.2. The number of aliphatic hydroxyl groups is 1. The van der Waals surface area contributed by atoms with Crippen LogP contribution in [0.25, 0.3) is 5.76 Å². The molecule has 0 aliphatic carbocycles. The van der Waals surface area contributed by atoms with Crippen LogP contribution in [0.3, 0.4) is 0 Å². The highest BCUT2D eigenvalue weighted by molar-refractivity contribution is 6.46. The standard InChI is InChI=1S/C29H35N3O7/c1-19(2)18-39-23-9-10-24(20(3)17-23)27(33)25-26(21-5-7-22(8-6-21)32(36)37)31(29(35)28(25)34)12-4-11-30-13-15-38-16-14-30/h5-10,17,19,26,33H,4,11-16,18H2,1-3H3/t26-/m1/s1. The molecule has 0 saturated carbocycles. The number of carbonyl (C=O) groups is 2. The number of likely N-dealkylation sites (tertiary alicyclic amines) is 1. The molecule has 2 fully saturated rings. The summed E-state index contributed by atoms with van der Waals surface area (Å²) in [4.78, 5) is 41.0. The fraction of sp³-hybridized carbons (Fsp3) is 0.448. The van der Waals surface area contributed by atoms with Crippen molar-refractivity contribution in [1.82, 2.24) is 9.80 Å². The lowest BCUT2D eigenvalue weighted by atomic mass is 9.93. The molecule has 1 N–H and O–H groups in total. The van der Waals surface area contributed by atoms with E-state index in [0.29, 0.717) is 61.1 Å². The summed E-state index contributed by atoms with van der Waals surface area (Å²) in [7, 11) is 0. The number of aliphatic hydroxyl groups excluding tert-OH is 1. The molecule has 2 aromatic rings. The van der Waals surface area contributed by atoms with E-state index >= 15 is 0 Å². The number of nitro benzene ring substituents is 1. The van der Waals surface area contributed by atoms with Crippen LogP contribution >= 0.6 is 0 Å². The van der Waals surface area contributed by atoms with E-state index in [1.165, 1.54) is 29.2 Å². The van der Waals surface area contributed by atoms with Crippen molar-refractivity contribution in [3.63, 3.8) is 0 Å². The molecule has 10 heteroatoms. The second kappa shape index (κ2) is 12.4. The van der Waals surface area contributed by atoms with Crippen LogP contribution in [0.5, 0.6) is 5.75 Å². The molecular formula is C29H35N3O7. The first-order chi connectivity index (χ1) is 18.7. The first-order valence-electron chi connectivity index (χ1n) is 13.2. The molecule has 1 amide bonds. The van der Waals surface area contributed by atoms with Gasteiger partial charge in [-0.1, -0.05) is 13.8 Å². The number of Topliss-reactive ketones (excluding diaryl/α,β-unsaturated/α-hetero) is 1. The quantitative estimate of drug-likeness (QED) is 0.158. The smallest absolute Gasteiger partial charge is 0.295 e. The highest BCUT2D eigenvalue weighted by Crippen LogP contribution is 2.40. The molecule has 2 aromatic carbocycles. The van der Waals surface area contributed by atoms with Crippen LogP contribution in [0, 0.1) is 23.0 Å². The highest BCUT2D eigenvalue weighted by Gasteiger charge is 2.46. The summed E-state index contributed by atoms with van der Waals surface area (Å²) >= 11 is 0. The van der Waals surface area contributed by atoms with E-state index in [1.807, 2.05) is 13.8 Å². The number of benzene rings is 2. The maximum absolute atomic E-state index is 13.3. The lowest BCUT2D eigenvalue weighted by Crippen LogP contribution is -2.38. The third-order valence-corrected chi connectivity index (χ3v) is 6.97. The van der Waals surface area contributed by atoms with E-state index in [2.05, 4.69) is 4.90 Å². The van der Waals surface area contributed by atoms with Gasteiger partial charge in [-0.25, -0.2) is 0 Å². The van der Waals surface area contributed by atoms with Crippen LogP contribution in [0.15, 0.2) is 48.0 Å². The third-order valence-electron chi connectivity index (χ3n) is 6.97. The molecule has 4 rings (SSSR count). The zero-order valence-corrected chi connectivity index (χ0v) is 22.6. The lowest BCUT2D eigenvalue weighted by molar-refractivity contribution is -0.384. The SMILES string of the molecule is Cc1cc(OCC(C)C)ccc1C(O)=C1C(=O)C(=O)N(CCCN2CCOCC2)[C@@H]1c1ccc([N+](=O)[O-])cc1. The van der Waals surface area contributed by atoms with Gasteiger partial charge in [0.1, 0.15) is 11.5 Å². The van der Waals surface area contributed by atoms with Gasteiger partial charge in [0.15, 0.2) is 0 Å². The number of hydrogen-bond acceptors (Lipinski definition) is 8. The number of aryl methyl sites for hydroxylation is 1. The fourth-order valence-electron chi connectivity index (χ4n) is 4.92. The van der Waals surface area contributed by atoms with Crippen LogP contribution in [-0.2, 0) is 14.3 Å². The Labute approximate surface area is 228 Å². The number of non-ortho nitro benzene ring substituents is 1. The zero-order valence-electron chi connectivity index (χ0n) is 22.6. The van der Waals surface area contributed by atoms with Crippen LogP contribution in [0.4, 0.5) is 5.69 Å². The second-order valence-electron chi connectivity index (χ2n) is 10.3. The van der Waals surface area contributed by atoms with Crippen molar-refractivity contribution in [3.8, 4) is 5.75 Å². The molecule has 2 aliphatic heterocycles. The summed E-state index contributed by atoms with van der Waals surface area (Å²) in [5.74, 6) is -0.758. The van der Waals surface area contributed by atoms with Crippen molar-refractivity contribution in [2.75, 3.05) is 46.0 Å². The van der Waals surface area contributed by atoms with Crippen molar-refractivity contribution in [1.29, 1.82) is 0 Å². The van der Waals surface area contributed by atoms with E-state index in [9.17, 15) is 24.8 Å². The molecule has 2 heterocycles. The summed E-state index contributed by atoms with van der Waals surface area (Å²) in [6, 6.07) is 10.1.